The quantitative estimate of drug-likeness (QED) is 0.798. The Labute approximate surface area is 116 Å². The van der Waals surface area contributed by atoms with Crippen molar-refractivity contribution in [3.8, 4) is 0 Å². The van der Waals surface area contributed by atoms with E-state index in [2.05, 4.69) is 35.0 Å². The van der Waals surface area contributed by atoms with E-state index >= 15 is 0 Å². The summed E-state index contributed by atoms with van der Waals surface area (Å²) in [7, 11) is 0. The monoisotopic (exact) mass is 261 g/mol. The van der Waals surface area contributed by atoms with Gasteiger partial charge in [-0.05, 0) is 76.4 Å². The minimum atomic E-state index is 0.979. The molecule has 3 nitrogen and oxygen atoms in total. The Bertz CT molecular complexity index is 424. The molecular formula is C16H27N3. The van der Waals surface area contributed by atoms with E-state index in [1.54, 1.807) is 0 Å². The lowest BCUT2D eigenvalue weighted by atomic mass is 9.89. The molecule has 2 aliphatic carbocycles. The Balaban J connectivity index is 1.32. The summed E-state index contributed by atoms with van der Waals surface area (Å²) in [6.07, 6.45) is 7.22. The number of hydrogen-bond donors (Lipinski definition) is 1. The minimum Gasteiger partial charge on any atom is -0.316 e. The van der Waals surface area contributed by atoms with Gasteiger partial charge < -0.3 is 5.32 Å². The van der Waals surface area contributed by atoms with Crippen LogP contribution in [-0.4, -0.2) is 22.9 Å². The summed E-state index contributed by atoms with van der Waals surface area (Å²) in [5.41, 5.74) is 2.41. The van der Waals surface area contributed by atoms with Crippen LogP contribution in [0.3, 0.4) is 0 Å². The summed E-state index contributed by atoms with van der Waals surface area (Å²) in [6.45, 7) is 7.63. The third-order valence-electron chi connectivity index (χ3n) is 5.12. The first-order chi connectivity index (χ1) is 9.22. The van der Waals surface area contributed by atoms with E-state index < -0.39 is 0 Å². The van der Waals surface area contributed by atoms with Crippen molar-refractivity contribution in [3.63, 3.8) is 0 Å². The molecule has 1 aromatic rings. The van der Waals surface area contributed by atoms with Crippen molar-refractivity contribution in [2.75, 3.05) is 13.1 Å². The zero-order valence-corrected chi connectivity index (χ0v) is 12.4. The molecule has 106 valence electrons. The number of hydrogen-bond acceptors (Lipinski definition) is 2. The first-order valence-corrected chi connectivity index (χ1v) is 7.94. The molecule has 3 rings (SSSR count). The fraction of sp³-hybridized carbons (Fsp3) is 0.812. The smallest absolute Gasteiger partial charge is 0.0596 e. The first-order valence-electron chi connectivity index (χ1n) is 7.94. The molecule has 0 spiro atoms. The number of aromatic nitrogens is 2. The van der Waals surface area contributed by atoms with Gasteiger partial charge in [-0.15, -0.1) is 0 Å². The van der Waals surface area contributed by atoms with Gasteiger partial charge in [-0.1, -0.05) is 6.42 Å². The second kappa shape index (κ2) is 5.66. The van der Waals surface area contributed by atoms with Crippen LogP contribution < -0.4 is 5.32 Å². The summed E-state index contributed by atoms with van der Waals surface area (Å²) in [5.74, 6) is 3.10. The van der Waals surface area contributed by atoms with Crippen LogP contribution in [0.25, 0.3) is 0 Å². The zero-order valence-electron chi connectivity index (χ0n) is 12.4. The standard InChI is InChI=1S/C16H27N3/c1-12-8-13(2)19(18-12)7-3-6-17-11-16-10-14-4-5-15(16)9-14/h8,14-17H,3-7,9-11H2,1-2H3. The van der Waals surface area contributed by atoms with Gasteiger partial charge in [0.1, 0.15) is 0 Å². The summed E-state index contributed by atoms with van der Waals surface area (Å²) in [5, 5.41) is 8.17. The third-order valence-corrected chi connectivity index (χ3v) is 5.12. The average molecular weight is 261 g/mol. The van der Waals surface area contributed by atoms with E-state index in [1.165, 1.54) is 44.3 Å². The number of aryl methyl sites for hydroxylation is 3. The molecule has 0 saturated heterocycles. The van der Waals surface area contributed by atoms with Gasteiger partial charge in [-0.3, -0.25) is 4.68 Å². The molecule has 1 aromatic heterocycles. The second-order valence-electron chi connectivity index (χ2n) is 6.64. The van der Waals surface area contributed by atoms with E-state index in [-0.39, 0.29) is 0 Å². The van der Waals surface area contributed by atoms with Gasteiger partial charge in [0, 0.05) is 12.2 Å². The van der Waals surface area contributed by atoms with Crippen molar-refractivity contribution in [2.45, 2.75) is 52.5 Å². The van der Waals surface area contributed by atoms with Crippen LogP contribution in [0, 0.1) is 31.6 Å². The van der Waals surface area contributed by atoms with Crippen LogP contribution in [0.15, 0.2) is 6.07 Å². The van der Waals surface area contributed by atoms with Crippen molar-refractivity contribution in [2.24, 2.45) is 17.8 Å². The Kier molecular flexibility index (Phi) is 3.92. The van der Waals surface area contributed by atoms with Crippen LogP contribution in [0.2, 0.25) is 0 Å². The minimum absolute atomic E-state index is 0.979. The third kappa shape index (κ3) is 3.02. The number of nitrogens with one attached hydrogen (secondary N) is 1. The number of rotatable bonds is 6. The first kappa shape index (κ1) is 13.2. The molecule has 0 radical (unpaired) electrons. The molecule has 2 fully saturated rings. The molecule has 3 heteroatoms. The maximum Gasteiger partial charge on any atom is 0.0596 e. The molecule has 2 aliphatic rings. The molecule has 2 saturated carbocycles. The summed E-state index contributed by atoms with van der Waals surface area (Å²) < 4.78 is 2.13. The van der Waals surface area contributed by atoms with Gasteiger partial charge in [0.05, 0.1) is 5.69 Å². The summed E-state index contributed by atoms with van der Waals surface area (Å²) in [4.78, 5) is 0. The molecule has 3 atom stereocenters. The summed E-state index contributed by atoms with van der Waals surface area (Å²) in [6, 6.07) is 2.16. The summed E-state index contributed by atoms with van der Waals surface area (Å²) >= 11 is 0. The van der Waals surface area contributed by atoms with Crippen molar-refractivity contribution in [1.29, 1.82) is 0 Å². The fourth-order valence-corrected chi connectivity index (χ4v) is 4.17. The van der Waals surface area contributed by atoms with E-state index in [4.69, 9.17) is 0 Å². The predicted molar refractivity (Wildman–Crippen MR) is 78.1 cm³/mol. The Hall–Kier alpha value is -0.830. The lowest BCUT2D eigenvalue weighted by Crippen LogP contribution is -2.27. The van der Waals surface area contributed by atoms with Crippen LogP contribution in [0.5, 0.6) is 0 Å². The van der Waals surface area contributed by atoms with Crippen molar-refractivity contribution < 1.29 is 0 Å². The lowest BCUT2D eigenvalue weighted by molar-refractivity contribution is 0.317. The predicted octanol–water partition coefficient (Wildman–Crippen LogP) is 2.92. The van der Waals surface area contributed by atoms with Crippen LogP contribution in [0.4, 0.5) is 0 Å². The highest BCUT2D eigenvalue weighted by molar-refractivity contribution is 5.06. The van der Waals surface area contributed by atoms with Gasteiger partial charge in [-0.2, -0.15) is 5.10 Å². The molecule has 0 aromatic carbocycles. The maximum absolute atomic E-state index is 4.51. The fourth-order valence-electron chi connectivity index (χ4n) is 4.17. The van der Waals surface area contributed by atoms with Crippen molar-refractivity contribution in [1.82, 2.24) is 15.1 Å². The van der Waals surface area contributed by atoms with Gasteiger partial charge in [0.2, 0.25) is 0 Å². The number of fused-ring (bicyclic) bond motifs is 2. The molecule has 19 heavy (non-hydrogen) atoms. The number of nitrogens with zero attached hydrogens (tertiary/aromatic N) is 2. The Morgan fingerprint density at radius 2 is 2.21 bits per heavy atom. The van der Waals surface area contributed by atoms with Crippen molar-refractivity contribution >= 4 is 0 Å². The topological polar surface area (TPSA) is 29.9 Å². The molecule has 0 aliphatic heterocycles. The van der Waals surface area contributed by atoms with Crippen LogP contribution >= 0.6 is 0 Å². The SMILES string of the molecule is Cc1cc(C)n(CCCNCC2CC3CCC2C3)n1. The van der Waals surface area contributed by atoms with Gasteiger partial charge in [0.15, 0.2) is 0 Å². The maximum atomic E-state index is 4.51. The zero-order chi connectivity index (χ0) is 13.2. The van der Waals surface area contributed by atoms with Crippen LogP contribution in [0.1, 0.15) is 43.5 Å². The molecule has 0 amide bonds. The molecule has 1 heterocycles. The van der Waals surface area contributed by atoms with Gasteiger partial charge in [-0.25, -0.2) is 0 Å². The highest BCUT2D eigenvalue weighted by atomic mass is 15.3. The Morgan fingerprint density at radius 3 is 2.84 bits per heavy atom. The second-order valence-corrected chi connectivity index (χ2v) is 6.64. The molecule has 3 unspecified atom stereocenters. The van der Waals surface area contributed by atoms with E-state index in [0.29, 0.717) is 0 Å². The van der Waals surface area contributed by atoms with E-state index in [0.717, 1.165) is 36.5 Å². The van der Waals surface area contributed by atoms with Gasteiger partial charge in [0.25, 0.3) is 0 Å². The lowest BCUT2D eigenvalue weighted by Gasteiger charge is -2.21. The normalized spacial score (nSPS) is 29.3. The van der Waals surface area contributed by atoms with Gasteiger partial charge >= 0.3 is 0 Å². The van der Waals surface area contributed by atoms with E-state index in [9.17, 15) is 0 Å². The largest absolute Gasteiger partial charge is 0.316 e. The van der Waals surface area contributed by atoms with E-state index in [1.807, 2.05) is 0 Å². The molecular weight excluding hydrogens is 234 g/mol. The molecule has 1 N–H and O–H groups in total. The highest BCUT2D eigenvalue weighted by Crippen LogP contribution is 2.47. The average Bonchev–Trinajstić information content (AvgIpc) is 3.05. The highest BCUT2D eigenvalue weighted by Gasteiger charge is 2.38. The van der Waals surface area contributed by atoms with Crippen molar-refractivity contribution in [3.05, 3.63) is 17.5 Å². The van der Waals surface area contributed by atoms with Crippen LogP contribution in [-0.2, 0) is 6.54 Å². The molecule has 2 bridgehead atoms. The Morgan fingerprint density at radius 1 is 1.32 bits per heavy atom.